The number of nitrogen functional groups attached to an aromatic ring is 1. The summed E-state index contributed by atoms with van der Waals surface area (Å²) in [5, 5.41) is 2.63. The van der Waals surface area contributed by atoms with Crippen molar-refractivity contribution in [1.29, 1.82) is 0 Å². The molecule has 2 saturated carbocycles. The molecule has 0 aliphatic heterocycles. The number of rotatable bonds is 2. The van der Waals surface area contributed by atoms with E-state index < -0.39 is 0 Å². The van der Waals surface area contributed by atoms with Gasteiger partial charge < -0.3 is 11.5 Å². The van der Waals surface area contributed by atoms with Crippen molar-refractivity contribution in [1.82, 2.24) is 0 Å². The highest BCUT2D eigenvalue weighted by Crippen LogP contribution is 2.47. The van der Waals surface area contributed by atoms with Crippen molar-refractivity contribution in [3.63, 3.8) is 0 Å². The molecule has 2 aromatic carbocycles. The number of anilines is 1. The van der Waals surface area contributed by atoms with Gasteiger partial charge >= 0.3 is 0 Å². The van der Waals surface area contributed by atoms with Crippen LogP contribution in [0.3, 0.4) is 0 Å². The Morgan fingerprint density at radius 2 is 1.44 bits per heavy atom. The first-order valence-electron chi connectivity index (χ1n) is 11.1. The van der Waals surface area contributed by atoms with Gasteiger partial charge in [-0.2, -0.15) is 0 Å². The molecule has 0 bridgehead atoms. The third-order valence-corrected chi connectivity index (χ3v) is 7.44. The molecule has 1 unspecified atom stereocenters. The van der Waals surface area contributed by atoms with Crippen molar-refractivity contribution in [2.75, 3.05) is 5.73 Å². The number of hydrogen-bond acceptors (Lipinski definition) is 2. The fourth-order valence-electron chi connectivity index (χ4n) is 5.96. The van der Waals surface area contributed by atoms with E-state index in [1.54, 1.807) is 0 Å². The fourth-order valence-corrected chi connectivity index (χ4v) is 5.96. The Morgan fingerprint density at radius 3 is 2.15 bits per heavy atom. The minimum absolute atomic E-state index is 0.0317. The summed E-state index contributed by atoms with van der Waals surface area (Å²) in [7, 11) is 0. The average molecular weight is 361 g/mol. The lowest BCUT2D eigenvalue weighted by Crippen LogP contribution is -2.24. The first kappa shape index (κ1) is 17.3. The molecule has 4 N–H and O–H groups in total. The maximum Gasteiger partial charge on any atom is 0.0523 e. The van der Waals surface area contributed by atoms with E-state index in [0.717, 1.165) is 5.69 Å². The zero-order chi connectivity index (χ0) is 18.4. The van der Waals surface area contributed by atoms with Gasteiger partial charge in [0, 0.05) is 11.3 Å². The van der Waals surface area contributed by atoms with Gasteiger partial charge in [-0.3, -0.25) is 0 Å². The molecule has 5 rings (SSSR count). The van der Waals surface area contributed by atoms with Gasteiger partial charge in [0.1, 0.15) is 0 Å². The maximum atomic E-state index is 6.85. The van der Waals surface area contributed by atoms with Crippen LogP contribution in [0.5, 0.6) is 0 Å². The summed E-state index contributed by atoms with van der Waals surface area (Å²) < 4.78 is 0. The Balaban J connectivity index is 1.68. The Bertz CT molecular complexity index is 883. The van der Waals surface area contributed by atoms with Gasteiger partial charge in [-0.1, -0.05) is 62.8 Å². The molecule has 0 radical (unpaired) electrons. The predicted molar refractivity (Wildman–Crippen MR) is 116 cm³/mol. The maximum absolute atomic E-state index is 6.85. The first-order chi connectivity index (χ1) is 13.2. The van der Waals surface area contributed by atoms with E-state index in [4.69, 9.17) is 11.5 Å². The van der Waals surface area contributed by atoms with Crippen LogP contribution < -0.4 is 11.5 Å². The largest absolute Gasteiger partial charge is 0.398 e. The normalized spacial score (nSPS) is 24.2. The number of benzene rings is 2. The molecule has 142 valence electrons. The van der Waals surface area contributed by atoms with Gasteiger partial charge in [0.05, 0.1) is 6.04 Å². The summed E-state index contributed by atoms with van der Waals surface area (Å²) in [6.45, 7) is 0. The van der Waals surface area contributed by atoms with Crippen LogP contribution in [0, 0.1) is 5.92 Å². The lowest BCUT2D eigenvalue weighted by atomic mass is 9.73. The van der Waals surface area contributed by atoms with Crippen molar-refractivity contribution >= 4 is 22.5 Å². The molecular formula is C25H32N2. The second kappa shape index (κ2) is 6.98. The summed E-state index contributed by atoms with van der Waals surface area (Å²) in [5.41, 5.74) is 20.1. The first-order valence-corrected chi connectivity index (χ1v) is 11.1. The third kappa shape index (κ3) is 2.89. The Labute approximate surface area is 163 Å². The smallest absolute Gasteiger partial charge is 0.0523 e. The van der Waals surface area contributed by atoms with Crippen molar-refractivity contribution in [2.24, 2.45) is 11.7 Å². The highest BCUT2D eigenvalue weighted by molar-refractivity contribution is 6.01. The van der Waals surface area contributed by atoms with E-state index in [0.29, 0.717) is 11.8 Å². The van der Waals surface area contributed by atoms with E-state index >= 15 is 0 Å². The summed E-state index contributed by atoms with van der Waals surface area (Å²) in [6, 6.07) is 9.07. The predicted octanol–water partition coefficient (Wildman–Crippen LogP) is 6.45. The summed E-state index contributed by atoms with van der Waals surface area (Å²) >= 11 is 0. The van der Waals surface area contributed by atoms with Gasteiger partial charge in [-0.05, 0) is 71.1 Å². The van der Waals surface area contributed by atoms with Crippen LogP contribution >= 0.6 is 0 Å². The summed E-state index contributed by atoms with van der Waals surface area (Å²) in [6.07, 6.45) is 15.6. The average Bonchev–Trinajstić information content (AvgIpc) is 2.73. The summed E-state index contributed by atoms with van der Waals surface area (Å²) in [5.74, 6) is 1.26. The fraction of sp³-hybridized carbons (Fsp3) is 0.520. The Morgan fingerprint density at radius 1 is 0.778 bits per heavy atom. The second-order valence-electron chi connectivity index (χ2n) is 9.03. The van der Waals surface area contributed by atoms with Crippen molar-refractivity contribution in [3.05, 3.63) is 46.5 Å². The summed E-state index contributed by atoms with van der Waals surface area (Å²) in [4.78, 5) is 0. The molecule has 1 atom stereocenters. The second-order valence-corrected chi connectivity index (χ2v) is 9.03. The molecule has 0 heterocycles. The Hall–Kier alpha value is -1.80. The molecule has 2 nitrogen and oxygen atoms in total. The van der Waals surface area contributed by atoms with E-state index in [1.165, 1.54) is 97.2 Å². The lowest BCUT2D eigenvalue weighted by Gasteiger charge is -2.33. The van der Waals surface area contributed by atoms with Gasteiger partial charge in [0.2, 0.25) is 0 Å². The van der Waals surface area contributed by atoms with Gasteiger partial charge in [-0.15, -0.1) is 0 Å². The molecule has 0 aromatic heterocycles. The van der Waals surface area contributed by atoms with Crippen LogP contribution in [0.25, 0.3) is 16.8 Å². The van der Waals surface area contributed by atoms with Crippen molar-refractivity contribution in [2.45, 2.75) is 76.2 Å². The van der Waals surface area contributed by atoms with Crippen LogP contribution in [0.1, 0.15) is 92.9 Å². The molecule has 0 saturated heterocycles. The standard InChI is InChI=1S/C25H32N2/c26-24-19-13-7-12-18-14-20(16-8-3-1-4-9-16)25(27)22(23(18)19)15-21(24)17-10-5-2-6-11-17/h7,12-17,24H,1-6,8-11,26-27H2. The zero-order valence-electron chi connectivity index (χ0n) is 16.3. The van der Waals surface area contributed by atoms with Gasteiger partial charge in [-0.25, -0.2) is 0 Å². The monoisotopic (exact) mass is 360 g/mol. The number of nitrogens with two attached hydrogens (primary N) is 2. The van der Waals surface area contributed by atoms with E-state index in [9.17, 15) is 0 Å². The van der Waals surface area contributed by atoms with Crippen LogP contribution in [-0.2, 0) is 0 Å². The van der Waals surface area contributed by atoms with Crippen molar-refractivity contribution < 1.29 is 0 Å². The molecule has 27 heavy (non-hydrogen) atoms. The molecule has 2 aromatic rings. The van der Waals surface area contributed by atoms with E-state index in [2.05, 4.69) is 30.3 Å². The zero-order valence-corrected chi connectivity index (χ0v) is 16.3. The minimum Gasteiger partial charge on any atom is -0.398 e. The Kier molecular flexibility index (Phi) is 4.47. The minimum atomic E-state index is 0.0317. The molecular weight excluding hydrogens is 328 g/mol. The molecule has 0 spiro atoms. The van der Waals surface area contributed by atoms with Crippen LogP contribution in [0.4, 0.5) is 5.69 Å². The quantitative estimate of drug-likeness (QED) is 0.605. The van der Waals surface area contributed by atoms with Crippen molar-refractivity contribution in [3.8, 4) is 0 Å². The molecule has 0 amide bonds. The topological polar surface area (TPSA) is 52.0 Å². The van der Waals surface area contributed by atoms with Gasteiger partial charge in [0.15, 0.2) is 0 Å². The van der Waals surface area contributed by atoms with Crippen LogP contribution in [-0.4, -0.2) is 0 Å². The molecule has 3 aliphatic rings. The molecule has 3 aliphatic carbocycles. The van der Waals surface area contributed by atoms with E-state index in [1.807, 2.05) is 0 Å². The van der Waals surface area contributed by atoms with Gasteiger partial charge in [0.25, 0.3) is 0 Å². The third-order valence-electron chi connectivity index (χ3n) is 7.44. The van der Waals surface area contributed by atoms with E-state index in [-0.39, 0.29) is 6.04 Å². The SMILES string of the molecule is Nc1c(C2CCCCC2)cc2cccc3c2c1C=C(C1CCCCC1)C3N. The highest BCUT2D eigenvalue weighted by atomic mass is 14.7. The van der Waals surface area contributed by atoms with Crippen LogP contribution in [0.15, 0.2) is 29.8 Å². The van der Waals surface area contributed by atoms with Crippen LogP contribution in [0.2, 0.25) is 0 Å². The number of hydrogen-bond donors (Lipinski definition) is 2. The molecule has 2 heteroatoms. The molecule has 2 fully saturated rings. The lowest BCUT2D eigenvalue weighted by molar-refractivity contribution is 0.390. The highest BCUT2D eigenvalue weighted by Gasteiger charge is 2.30.